The predicted octanol–water partition coefficient (Wildman–Crippen LogP) is 1.31. The number of carbonyl (C=O) groups excluding carboxylic acids is 2. The second kappa shape index (κ2) is 10.4. The van der Waals surface area contributed by atoms with Crippen LogP contribution in [0.25, 0.3) is 0 Å². The summed E-state index contributed by atoms with van der Waals surface area (Å²) in [7, 11) is 3.41. The zero-order valence-electron chi connectivity index (χ0n) is 20.4. The molecule has 1 atom stereocenters. The lowest BCUT2D eigenvalue weighted by atomic mass is 9.97. The van der Waals surface area contributed by atoms with Crippen molar-refractivity contribution in [1.82, 2.24) is 14.9 Å². The standard InChI is InChI=1S/C23H34N5O6S/c1-26(16-5-10-33-11-6-16)20-19-18(7-12-35(19)31)24-22(25-20)28-13-17(14-28)34-21(29)15-3-8-27(9-4-15)23(30)32-2/h15-17,31H,3-14H2,1-2H3/q+1. The van der Waals surface area contributed by atoms with E-state index in [0.717, 1.165) is 48.9 Å². The van der Waals surface area contributed by atoms with Crippen molar-refractivity contribution < 1.29 is 28.4 Å². The molecule has 0 spiro atoms. The van der Waals surface area contributed by atoms with Crippen molar-refractivity contribution in [1.29, 1.82) is 0 Å². The molecule has 192 valence electrons. The second-order valence-corrected chi connectivity index (χ2v) is 11.1. The molecule has 3 saturated heterocycles. The Morgan fingerprint density at radius 3 is 2.54 bits per heavy atom. The molecule has 0 saturated carbocycles. The van der Waals surface area contributed by atoms with Gasteiger partial charge in [-0.05, 0) is 25.7 Å². The zero-order chi connectivity index (χ0) is 24.5. The molecule has 5 heterocycles. The van der Waals surface area contributed by atoms with E-state index in [0.29, 0.717) is 56.8 Å². The Morgan fingerprint density at radius 2 is 1.86 bits per heavy atom. The first-order valence-electron chi connectivity index (χ1n) is 12.3. The number of hydrogen-bond acceptors (Lipinski definition) is 10. The molecule has 35 heavy (non-hydrogen) atoms. The molecule has 5 rings (SSSR count). The average Bonchev–Trinajstić information content (AvgIpc) is 3.25. The van der Waals surface area contributed by atoms with Gasteiger partial charge in [0.15, 0.2) is 22.7 Å². The van der Waals surface area contributed by atoms with Gasteiger partial charge < -0.3 is 28.9 Å². The first-order valence-corrected chi connectivity index (χ1v) is 13.7. The van der Waals surface area contributed by atoms with E-state index in [2.05, 4.69) is 4.90 Å². The largest absolute Gasteiger partial charge is 0.458 e. The van der Waals surface area contributed by atoms with Crippen molar-refractivity contribution in [2.24, 2.45) is 5.92 Å². The maximum absolute atomic E-state index is 12.6. The lowest BCUT2D eigenvalue weighted by Gasteiger charge is -2.40. The lowest BCUT2D eigenvalue weighted by molar-refractivity contribution is -0.156. The Labute approximate surface area is 208 Å². The summed E-state index contributed by atoms with van der Waals surface area (Å²) in [6.07, 6.45) is 3.24. The summed E-state index contributed by atoms with van der Waals surface area (Å²) >= 11 is -0.832. The smallest absolute Gasteiger partial charge is 0.409 e. The molecule has 0 bridgehead atoms. The highest BCUT2D eigenvalue weighted by Gasteiger charge is 2.42. The minimum absolute atomic E-state index is 0.191. The van der Waals surface area contributed by atoms with Crippen molar-refractivity contribution in [2.45, 2.75) is 49.1 Å². The van der Waals surface area contributed by atoms with Crippen LogP contribution in [0.3, 0.4) is 0 Å². The van der Waals surface area contributed by atoms with Crippen LogP contribution in [0.1, 0.15) is 31.4 Å². The van der Waals surface area contributed by atoms with Crippen molar-refractivity contribution in [2.75, 3.05) is 69.1 Å². The third kappa shape index (κ3) is 5.01. The predicted molar refractivity (Wildman–Crippen MR) is 130 cm³/mol. The van der Waals surface area contributed by atoms with E-state index < -0.39 is 11.2 Å². The van der Waals surface area contributed by atoms with Crippen LogP contribution < -0.4 is 9.80 Å². The van der Waals surface area contributed by atoms with E-state index in [1.807, 2.05) is 11.9 Å². The van der Waals surface area contributed by atoms with Crippen LogP contribution in [0.4, 0.5) is 16.6 Å². The van der Waals surface area contributed by atoms with Crippen molar-refractivity contribution in [3.63, 3.8) is 0 Å². The molecule has 1 aromatic heterocycles. The van der Waals surface area contributed by atoms with Gasteiger partial charge >= 0.3 is 12.1 Å². The summed E-state index contributed by atoms with van der Waals surface area (Å²) in [6.45, 7) is 3.58. The fourth-order valence-corrected chi connectivity index (χ4v) is 6.58. The highest BCUT2D eigenvalue weighted by molar-refractivity contribution is 7.92. The summed E-state index contributed by atoms with van der Waals surface area (Å²) in [4.78, 5) is 40.7. The number of anilines is 2. The third-order valence-electron chi connectivity index (χ3n) is 7.42. The number of hydrogen-bond donors (Lipinski definition) is 1. The van der Waals surface area contributed by atoms with Crippen LogP contribution in [0, 0.1) is 5.92 Å². The Hall–Kier alpha value is -2.31. The Balaban J connectivity index is 1.20. The van der Waals surface area contributed by atoms with Gasteiger partial charge in [-0.15, -0.1) is 0 Å². The first kappa shape index (κ1) is 24.4. The first-order chi connectivity index (χ1) is 16.9. The molecule has 3 fully saturated rings. The van der Waals surface area contributed by atoms with E-state index in [9.17, 15) is 14.1 Å². The van der Waals surface area contributed by atoms with Crippen LogP contribution >= 0.6 is 0 Å². The van der Waals surface area contributed by atoms with Gasteiger partial charge in [0.05, 0.1) is 26.1 Å². The van der Waals surface area contributed by atoms with Gasteiger partial charge in [-0.25, -0.2) is 9.78 Å². The van der Waals surface area contributed by atoms with E-state index in [1.54, 1.807) is 4.90 Å². The fourth-order valence-electron chi connectivity index (χ4n) is 5.17. The van der Waals surface area contributed by atoms with Gasteiger partial charge in [0, 0.05) is 45.8 Å². The third-order valence-corrected chi connectivity index (χ3v) is 8.90. The number of aryl methyl sites for hydroxylation is 1. The highest BCUT2D eigenvalue weighted by atomic mass is 32.2. The zero-order valence-corrected chi connectivity index (χ0v) is 21.2. The van der Waals surface area contributed by atoms with Crippen LogP contribution in [-0.4, -0.2) is 103 Å². The van der Waals surface area contributed by atoms with Crippen molar-refractivity contribution in [3.8, 4) is 0 Å². The SMILES string of the molecule is COC(=O)N1CCC(C(=O)OC2CN(c3nc4c(c(N(C)C5CCOCC5)n3)[S+](O)CC4)C2)CC1. The lowest BCUT2D eigenvalue weighted by Crippen LogP contribution is -2.54. The summed E-state index contributed by atoms with van der Waals surface area (Å²) in [6, 6.07) is 0.323. The molecule has 0 aromatic carbocycles. The van der Waals surface area contributed by atoms with Crippen LogP contribution in [0.15, 0.2) is 4.90 Å². The molecule has 12 heteroatoms. The molecule has 1 N–H and O–H groups in total. The van der Waals surface area contributed by atoms with Gasteiger partial charge in [0.1, 0.15) is 11.8 Å². The van der Waals surface area contributed by atoms with E-state index in [1.165, 1.54) is 7.11 Å². The number of nitrogens with zero attached hydrogens (tertiary/aromatic N) is 5. The van der Waals surface area contributed by atoms with Crippen LogP contribution in [0.2, 0.25) is 0 Å². The van der Waals surface area contributed by atoms with Crippen molar-refractivity contribution >= 4 is 35.0 Å². The average molecular weight is 509 g/mol. The highest BCUT2D eigenvalue weighted by Crippen LogP contribution is 2.36. The summed E-state index contributed by atoms with van der Waals surface area (Å²) < 4.78 is 26.7. The maximum atomic E-state index is 12.6. The minimum Gasteiger partial charge on any atom is -0.458 e. The number of carbonyl (C=O) groups is 2. The number of aromatic nitrogens is 2. The van der Waals surface area contributed by atoms with Crippen molar-refractivity contribution in [3.05, 3.63) is 5.69 Å². The molecule has 4 aliphatic heterocycles. The quantitative estimate of drug-likeness (QED) is 0.461. The molecule has 1 amide bonds. The van der Waals surface area contributed by atoms with Gasteiger partial charge in [-0.1, -0.05) is 0 Å². The molecule has 11 nitrogen and oxygen atoms in total. The van der Waals surface area contributed by atoms with Gasteiger partial charge in [0.25, 0.3) is 4.90 Å². The molecular formula is C23H34N5O6S+. The van der Waals surface area contributed by atoms with Crippen LogP contribution in [-0.2, 0) is 36.6 Å². The fraction of sp³-hybridized carbons (Fsp3) is 0.739. The van der Waals surface area contributed by atoms with Crippen LogP contribution in [0.5, 0.6) is 0 Å². The molecule has 1 unspecified atom stereocenters. The van der Waals surface area contributed by atoms with E-state index >= 15 is 0 Å². The Kier molecular flexibility index (Phi) is 7.21. The molecule has 1 aromatic rings. The molecular weight excluding hydrogens is 474 g/mol. The van der Waals surface area contributed by atoms with Gasteiger partial charge in [-0.2, -0.15) is 9.54 Å². The number of likely N-dealkylation sites (tertiary alicyclic amines) is 1. The minimum atomic E-state index is -0.832. The second-order valence-electron chi connectivity index (χ2n) is 9.59. The normalized spacial score (nSPS) is 23.6. The summed E-state index contributed by atoms with van der Waals surface area (Å²) in [5.74, 6) is 1.76. The van der Waals surface area contributed by atoms with E-state index in [-0.39, 0.29) is 24.1 Å². The number of fused-ring (bicyclic) bond motifs is 1. The Bertz CT molecular complexity index is 947. The summed E-state index contributed by atoms with van der Waals surface area (Å²) in [5, 5.41) is 0. The molecule has 0 radical (unpaired) electrons. The van der Waals surface area contributed by atoms with Gasteiger partial charge in [0.2, 0.25) is 5.95 Å². The number of rotatable bonds is 5. The topological polar surface area (TPSA) is 118 Å². The summed E-state index contributed by atoms with van der Waals surface area (Å²) in [5.41, 5.74) is 0.924. The van der Waals surface area contributed by atoms with Gasteiger partial charge in [-0.3, -0.25) is 4.79 Å². The molecule has 4 aliphatic rings. The maximum Gasteiger partial charge on any atom is 0.409 e. The Morgan fingerprint density at radius 1 is 1.14 bits per heavy atom. The number of methoxy groups -OCH3 is 1. The number of esters is 1. The number of ether oxygens (including phenoxy) is 3. The number of amides is 1. The monoisotopic (exact) mass is 508 g/mol. The molecule has 0 aliphatic carbocycles. The van der Waals surface area contributed by atoms with E-state index in [4.69, 9.17) is 24.2 Å². The number of piperidine rings is 1.